The number of hydrogen-bond acceptors (Lipinski definition) is 3. The average molecular weight is 328 g/mol. The third-order valence-electron chi connectivity index (χ3n) is 3.13. The number of hydrogen-bond donors (Lipinski definition) is 1. The van der Waals surface area contributed by atoms with Gasteiger partial charge in [-0.25, -0.2) is 0 Å². The predicted molar refractivity (Wildman–Crippen MR) is 75.7 cm³/mol. The van der Waals surface area contributed by atoms with Gasteiger partial charge in [-0.1, -0.05) is 34.1 Å². The minimum atomic E-state index is -1.34. The Morgan fingerprint density at radius 1 is 1.47 bits per heavy atom. The Hall–Kier alpha value is -0.910. The first-order valence-corrected chi connectivity index (χ1v) is 7.06. The van der Waals surface area contributed by atoms with Gasteiger partial charge in [0.2, 0.25) is 0 Å². The van der Waals surface area contributed by atoms with Crippen LogP contribution in [0.5, 0.6) is 0 Å². The van der Waals surface area contributed by atoms with Crippen LogP contribution in [-0.2, 0) is 9.53 Å². The minimum absolute atomic E-state index is 0.157. The fraction of sp³-hybridized carbons (Fsp3) is 0.500. The molecule has 4 nitrogen and oxygen atoms in total. The summed E-state index contributed by atoms with van der Waals surface area (Å²) in [6.07, 6.45) is -0.157. The summed E-state index contributed by atoms with van der Waals surface area (Å²) in [5, 5.41) is 9.81. The predicted octanol–water partition coefficient (Wildman–Crippen LogP) is 2.12. The van der Waals surface area contributed by atoms with Crippen molar-refractivity contribution in [2.24, 2.45) is 0 Å². The number of rotatable bonds is 2. The van der Waals surface area contributed by atoms with E-state index < -0.39 is 5.60 Å². The van der Waals surface area contributed by atoms with E-state index in [0.29, 0.717) is 19.7 Å². The van der Waals surface area contributed by atoms with Crippen molar-refractivity contribution in [3.05, 3.63) is 34.3 Å². The van der Waals surface area contributed by atoms with Gasteiger partial charge in [-0.3, -0.25) is 4.79 Å². The molecule has 0 aliphatic carbocycles. The van der Waals surface area contributed by atoms with Gasteiger partial charge in [0, 0.05) is 11.0 Å². The van der Waals surface area contributed by atoms with Crippen molar-refractivity contribution in [3.63, 3.8) is 0 Å². The molecule has 1 heterocycles. The number of morpholine rings is 1. The molecule has 1 amide bonds. The Bertz CT molecular complexity index is 470. The van der Waals surface area contributed by atoms with E-state index in [1.807, 2.05) is 24.3 Å². The maximum Gasteiger partial charge on any atom is 0.254 e. The van der Waals surface area contributed by atoms with E-state index in [9.17, 15) is 9.90 Å². The lowest BCUT2D eigenvalue weighted by atomic mass is 10.0. The van der Waals surface area contributed by atoms with Crippen LogP contribution < -0.4 is 0 Å². The molecule has 0 aromatic heterocycles. The lowest BCUT2D eigenvalue weighted by molar-refractivity contribution is -0.155. The number of amides is 1. The smallest absolute Gasteiger partial charge is 0.254 e. The van der Waals surface area contributed by atoms with E-state index in [0.717, 1.165) is 10.0 Å². The molecule has 1 aliphatic rings. The fourth-order valence-corrected chi connectivity index (χ4v) is 2.69. The third-order valence-corrected chi connectivity index (χ3v) is 3.85. The standard InChI is InChI=1S/C14H18BrNO3/c1-14(2,18)13(17)16-7-8-19-12(9-16)10-5-3-4-6-11(10)15/h3-6,12,18H,7-9H2,1-2H3/t12-/m1/s1. The van der Waals surface area contributed by atoms with E-state index in [4.69, 9.17) is 4.74 Å². The van der Waals surface area contributed by atoms with Crippen LogP contribution in [-0.4, -0.2) is 41.2 Å². The topological polar surface area (TPSA) is 49.8 Å². The molecule has 1 fully saturated rings. The van der Waals surface area contributed by atoms with Gasteiger partial charge in [0.15, 0.2) is 0 Å². The Kier molecular flexibility index (Phi) is 4.28. The van der Waals surface area contributed by atoms with Gasteiger partial charge < -0.3 is 14.7 Å². The number of halogens is 1. The van der Waals surface area contributed by atoms with Crippen LogP contribution in [0.4, 0.5) is 0 Å². The first kappa shape index (κ1) is 14.5. The molecule has 0 radical (unpaired) electrons. The van der Waals surface area contributed by atoms with Crippen molar-refractivity contribution in [3.8, 4) is 0 Å². The Morgan fingerprint density at radius 2 is 2.16 bits per heavy atom. The van der Waals surface area contributed by atoms with E-state index >= 15 is 0 Å². The fourth-order valence-electron chi connectivity index (χ4n) is 2.15. The molecule has 0 saturated carbocycles. The highest BCUT2D eigenvalue weighted by molar-refractivity contribution is 9.10. The number of nitrogens with zero attached hydrogens (tertiary/aromatic N) is 1. The maximum atomic E-state index is 12.1. The molecule has 0 spiro atoms. The molecule has 1 saturated heterocycles. The summed E-state index contributed by atoms with van der Waals surface area (Å²) in [5.41, 5.74) is -0.314. The Balaban J connectivity index is 2.14. The third kappa shape index (κ3) is 3.35. The van der Waals surface area contributed by atoms with E-state index in [1.54, 1.807) is 4.90 Å². The normalized spacial score (nSPS) is 20.4. The zero-order chi connectivity index (χ0) is 14.0. The first-order valence-electron chi connectivity index (χ1n) is 6.27. The van der Waals surface area contributed by atoms with Gasteiger partial charge >= 0.3 is 0 Å². The van der Waals surface area contributed by atoms with Crippen LogP contribution in [0.25, 0.3) is 0 Å². The van der Waals surface area contributed by atoms with Crippen LogP contribution in [0.15, 0.2) is 28.7 Å². The first-order chi connectivity index (χ1) is 8.89. The van der Waals surface area contributed by atoms with Crippen molar-refractivity contribution in [2.75, 3.05) is 19.7 Å². The van der Waals surface area contributed by atoms with Crippen LogP contribution in [0.2, 0.25) is 0 Å². The Morgan fingerprint density at radius 3 is 2.79 bits per heavy atom. The molecule has 1 aliphatic heterocycles. The highest BCUT2D eigenvalue weighted by Gasteiger charge is 2.33. The zero-order valence-corrected chi connectivity index (χ0v) is 12.7. The lowest BCUT2D eigenvalue weighted by Gasteiger charge is -2.36. The van der Waals surface area contributed by atoms with E-state index in [-0.39, 0.29) is 12.0 Å². The summed E-state index contributed by atoms with van der Waals surface area (Å²) < 4.78 is 6.70. The average Bonchev–Trinajstić information content (AvgIpc) is 2.37. The number of carbonyl (C=O) groups is 1. The second-order valence-corrected chi connectivity index (χ2v) is 6.05. The number of aliphatic hydroxyl groups is 1. The van der Waals surface area contributed by atoms with Crippen molar-refractivity contribution >= 4 is 21.8 Å². The molecule has 5 heteroatoms. The monoisotopic (exact) mass is 327 g/mol. The van der Waals surface area contributed by atoms with Gasteiger partial charge in [0.25, 0.3) is 5.91 Å². The van der Waals surface area contributed by atoms with Crippen molar-refractivity contribution in [1.29, 1.82) is 0 Å². The summed E-state index contributed by atoms with van der Waals surface area (Å²) in [7, 11) is 0. The molecule has 1 N–H and O–H groups in total. The van der Waals surface area contributed by atoms with Crippen molar-refractivity contribution in [1.82, 2.24) is 4.90 Å². The van der Waals surface area contributed by atoms with Gasteiger partial charge in [-0.05, 0) is 25.5 Å². The highest BCUT2D eigenvalue weighted by Crippen LogP contribution is 2.29. The summed E-state index contributed by atoms with van der Waals surface area (Å²) in [6.45, 7) is 4.49. The van der Waals surface area contributed by atoms with E-state index in [1.165, 1.54) is 13.8 Å². The van der Waals surface area contributed by atoms with Crippen LogP contribution >= 0.6 is 15.9 Å². The quantitative estimate of drug-likeness (QED) is 0.905. The summed E-state index contributed by atoms with van der Waals surface area (Å²) in [6, 6.07) is 7.82. The largest absolute Gasteiger partial charge is 0.381 e. The Labute approximate surface area is 121 Å². The summed E-state index contributed by atoms with van der Waals surface area (Å²) in [4.78, 5) is 13.8. The van der Waals surface area contributed by atoms with Crippen LogP contribution in [0.1, 0.15) is 25.5 Å². The van der Waals surface area contributed by atoms with Crippen LogP contribution in [0.3, 0.4) is 0 Å². The lowest BCUT2D eigenvalue weighted by Crippen LogP contribution is -2.50. The minimum Gasteiger partial charge on any atom is -0.381 e. The summed E-state index contributed by atoms with van der Waals surface area (Å²) >= 11 is 3.50. The summed E-state index contributed by atoms with van der Waals surface area (Å²) in [5.74, 6) is -0.257. The van der Waals surface area contributed by atoms with Gasteiger partial charge in [0.1, 0.15) is 11.7 Å². The molecular weight excluding hydrogens is 310 g/mol. The number of benzene rings is 1. The van der Waals surface area contributed by atoms with Gasteiger partial charge in [-0.15, -0.1) is 0 Å². The molecule has 0 bridgehead atoms. The number of carbonyl (C=O) groups excluding carboxylic acids is 1. The zero-order valence-electron chi connectivity index (χ0n) is 11.1. The van der Waals surface area contributed by atoms with Crippen LogP contribution in [0, 0.1) is 0 Å². The molecule has 1 atom stereocenters. The molecule has 104 valence electrons. The van der Waals surface area contributed by atoms with E-state index in [2.05, 4.69) is 15.9 Å². The molecule has 19 heavy (non-hydrogen) atoms. The van der Waals surface area contributed by atoms with Gasteiger partial charge in [-0.2, -0.15) is 0 Å². The molecule has 2 rings (SSSR count). The highest BCUT2D eigenvalue weighted by atomic mass is 79.9. The molecular formula is C14H18BrNO3. The molecule has 1 aromatic rings. The second kappa shape index (κ2) is 5.61. The van der Waals surface area contributed by atoms with Gasteiger partial charge in [0.05, 0.1) is 13.2 Å². The van der Waals surface area contributed by atoms with Crippen molar-refractivity contribution < 1.29 is 14.6 Å². The second-order valence-electron chi connectivity index (χ2n) is 5.19. The molecule has 1 aromatic carbocycles. The SMILES string of the molecule is CC(C)(O)C(=O)N1CCO[C@@H](c2ccccc2Br)C1. The maximum absolute atomic E-state index is 12.1. The molecule has 0 unspecified atom stereocenters. The van der Waals surface area contributed by atoms with Crippen molar-refractivity contribution in [2.45, 2.75) is 25.6 Å². The number of ether oxygens (including phenoxy) is 1.